The first-order valence-corrected chi connectivity index (χ1v) is 19.8. The second kappa shape index (κ2) is 12.6. The number of fused-ring (bicyclic) bond motifs is 10. The molecule has 2 heterocycles. The Hall–Kier alpha value is -7.42. The molecule has 9 aromatic carbocycles. The molecule has 0 spiro atoms. The lowest BCUT2D eigenvalue weighted by Crippen LogP contribution is -1.97. The summed E-state index contributed by atoms with van der Waals surface area (Å²) in [6, 6.07) is 75.8. The number of nitrogens with zero attached hydrogens (tertiary/aromatic N) is 2. The van der Waals surface area contributed by atoms with Crippen LogP contribution in [-0.2, 0) is 6.42 Å². The number of hydrogen-bond acceptors (Lipinski definition) is 0. The van der Waals surface area contributed by atoms with Gasteiger partial charge in [0.05, 0.1) is 22.1 Å². The zero-order valence-electron chi connectivity index (χ0n) is 31.2. The third-order valence-corrected chi connectivity index (χ3v) is 12.1. The number of aromatic nitrogens is 2. The van der Waals surface area contributed by atoms with Crippen LogP contribution in [0.3, 0.4) is 0 Å². The van der Waals surface area contributed by atoms with Gasteiger partial charge in [-0.05, 0) is 111 Å². The first kappa shape index (κ1) is 31.9. The molecule has 0 bridgehead atoms. The molecule has 0 saturated heterocycles. The Labute approximate surface area is 331 Å². The molecule has 0 unspecified atom stereocenters. The average Bonchev–Trinajstić information content (AvgIpc) is 3.94. The summed E-state index contributed by atoms with van der Waals surface area (Å²) in [5, 5.41) is 5.07. The molecule has 0 N–H and O–H groups in total. The van der Waals surface area contributed by atoms with E-state index in [9.17, 15) is 0 Å². The first-order valence-electron chi connectivity index (χ1n) is 19.8. The molecule has 2 aromatic heterocycles. The van der Waals surface area contributed by atoms with Crippen molar-refractivity contribution in [1.82, 2.24) is 9.13 Å². The molecule has 57 heavy (non-hydrogen) atoms. The minimum atomic E-state index is 0.899. The highest BCUT2D eigenvalue weighted by atomic mass is 15.0. The molecule has 0 radical (unpaired) electrons. The third kappa shape index (κ3) is 4.91. The summed E-state index contributed by atoms with van der Waals surface area (Å²) in [6.45, 7) is 0. The van der Waals surface area contributed by atoms with Crippen LogP contribution in [-0.4, -0.2) is 9.13 Å². The fraction of sp³-hybridized carbons (Fsp3) is 0.0182. The molecule has 12 rings (SSSR count). The number of hydrogen-bond donors (Lipinski definition) is 0. The van der Waals surface area contributed by atoms with Crippen LogP contribution in [0.5, 0.6) is 0 Å². The van der Waals surface area contributed by atoms with Crippen LogP contribution < -0.4 is 0 Å². The van der Waals surface area contributed by atoms with Crippen LogP contribution in [0.25, 0.3) is 99.5 Å². The fourth-order valence-corrected chi connectivity index (χ4v) is 9.58. The topological polar surface area (TPSA) is 9.86 Å². The largest absolute Gasteiger partial charge is 0.309 e. The summed E-state index contributed by atoms with van der Waals surface area (Å²) in [5.41, 5.74) is 20.2. The molecule has 1 aliphatic rings. The zero-order valence-corrected chi connectivity index (χ0v) is 31.2. The maximum atomic E-state index is 2.52. The summed E-state index contributed by atoms with van der Waals surface area (Å²) in [4.78, 5) is 0. The van der Waals surface area contributed by atoms with E-state index in [1.807, 2.05) is 0 Å². The number of rotatable bonds is 5. The van der Waals surface area contributed by atoms with Crippen molar-refractivity contribution in [1.29, 1.82) is 0 Å². The van der Waals surface area contributed by atoms with Gasteiger partial charge in [0.15, 0.2) is 0 Å². The molecule has 2 heteroatoms. The van der Waals surface area contributed by atoms with E-state index in [0.29, 0.717) is 0 Å². The molecule has 266 valence electrons. The highest BCUT2D eigenvalue weighted by molar-refractivity contribution is 6.18. The van der Waals surface area contributed by atoms with Gasteiger partial charge in [-0.25, -0.2) is 0 Å². The molecule has 2 nitrogen and oxygen atoms in total. The van der Waals surface area contributed by atoms with Crippen LogP contribution in [0.1, 0.15) is 11.1 Å². The summed E-state index contributed by atoms with van der Waals surface area (Å²) in [6.07, 6.45) is 0.899. The molecule has 11 aromatic rings. The second-order valence-corrected chi connectivity index (χ2v) is 15.3. The Bertz CT molecular complexity index is 3350. The van der Waals surface area contributed by atoms with Gasteiger partial charge in [-0.2, -0.15) is 0 Å². The van der Waals surface area contributed by atoms with Gasteiger partial charge >= 0.3 is 0 Å². The van der Waals surface area contributed by atoms with Crippen molar-refractivity contribution in [2.45, 2.75) is 6.42 Å². The Balaban J connectivity index is 1.09. The summed E-state index contributed by atoms with van der Waals surface area (Å²) >= 11 is 0. The van der Waals surface area contributed by atoms with Crippen molar-refractivity contribution in [3.63, 3.8) is 0 Å². The smallest absolute Gasteiger partial charge is 0.0622 e. The second-order valence-electron chi connectivity index (χ2n) is 15.3. The average molecular weight is 725 g/mol. The van der Waals surface area contributed by atoms with E-state index >= 15 is 0 Å². The molecule has 0 atom stereocenters. The predicted molar refractivity (Wildman–Crippen MR) is 240 cm³/mol. The Morgan fingerprint density at radius 1 is 0.316 bits per heavy atom. The van der Waals surface area contributed by atoms with Gasteiger partial charge in [-0.3, -0.25) is 0 Å². The van der Waals surface area contributed by atoms with Gasteiger partial charge in [-0.15, -0.1) is 0 Å². The number of para-hydroxylation sites is 2. The van der Waals surface area contributed by atoms with E-state index in [4.69, 9.17) is 0 Å². The van der Waals surface area contributed by atoms with Gasteiger partial charge in [0.2, 0.25) is 0 Å². The zero-order chi connectivity index (χ0) is 37.5. The van der Waals surface area contributed by atoms with Gasteiger partial charge < -0.3 is 9.13 Å². The van der Waals surface area contributed by atoms with Gasteiger partial charge in [0, 0.05) is 38.5 Å². The first-order chi connectivity index (χ1) is 28.3. The third-order valence-electron chi connectivity index (χ3n) is 12.1. The normalized spacial score (nSPS) is 12.1. The SMILES string of the molecule is c1ccc(-c2ccc(-n3c4ccccc4c4cc(-c5cc6c7ccccc7n(-c7cccc(-c8ccccc8)c7)c6c6c5Cc5ccccc5-6)ccc43)cc2)cc1. The van der Waals surface area contributed by atoms with Gasteiger partial charge in [-0.1, -0.05) is 152 Å². The van der Waals surface area contributed by atoms with Gasteiger partial charge in [0.25, 0.3) is 0 Å². The Kier molecular flexibility index (Phi) is 7.02. The lowest BCUT2D eigenvalue weighted by molar-refractivity contribution is 1.18. The number of benzene rings is 9. The highest BCUT2D eigenvalue weighted by Gasteiger charge is 2.29. The maximum Gasteiger partial charge on any atom is 0.0622 e. The van der Waals surface area contributed by atoms with Crippen molar-refractivity contribution >= 4 is 43.6 Å². The lowest BCUT2D eigenvalue weighted by Gasteiger charge is -2.16. The minimum Gasteiger partial charge on any atom is -0.309 e. The van der Waals surface area contributed by atoms with Crippen molar-refractivity contribution in [2.75, 3.05) is 0 Å². The van der Waals surface area contributed by atoms with Crippen LogP contribution in [0.2, 0.25) is 0 Å². The van der Waals surface area contributed by atoms with Crippen molar-refractivity contribution in [3.05, 3.63) is 217 Å². The van der Waals surface area contributed by atoms with Crippen molar-refractivity contribution in [2.24, 2.45) is 0 Å². The summed E-state index contributed by atoms with van der Waals surface area (Å²) in [7, 11) is 0. The van der Waals surface area contributed by atoms with Crippen LogP contribution in [0.4, 0.5) is 0 Å². The molecule has 0 amide bonds. The van der Waals surface area contributed by atoms with E-state index in [2.05, 4.69) is 215 Å². The Morgan fingerprint density at radius 2 is 0.895 bits per heavy atom. The van der Waals surface area contributed by atoms with E-state index in [-0.39, 0.29) is 0 Å². The fourth-order valence-electron chi connectivity index (χ4n) is 9.58. The minimum absolute atomic E-state index is 0.899. The summed E-state index contributed by atoms with van der Waals surface area (Å²) < 4.78 is 4.94. The van der Waals surface area contributed by atoms with Crippen LogP contribution in [0.15, 0.2) is 206 Å². The lowest BCUT2D eigenvalue weighted by atomic mass is 9.92. The van der Waals surface area contributed by atoms with Gasteiger partial charge in [0.1, 0.15) is 0 Å². The molecular weight excluding hydrogens is 689 g/mol. The van der Waals surface area contributed by atoms with E-state index in [0.717, 1.165) is 12.1 Å². The highest BCUT2D eigenvalue weighted by Crippen LogP contribution is 2.50. The van der Waals surface area contributed by atoms with E-state index < -0.39 is 0 Å². The van der Waals surface area contributed by atoms with Crippen molar-refractivity contribution < 1.29 is 0 Å². The molecular formula is C55H36N2. The van der Waals surface area contributed by atoms with Crippen LogP contribution >= 0.6 is 0 Å². The maximum absolute atomic E-state index is 2.52. The molecule has 0 aliphatic heterocycles. The Morgan fingerprint density at radius 3 is 1.67 bits per heavy atom. The summed E-state index contributed by atoms with van der Waals surface area (Å²) in [5.74, 6) is 0. The quantitative estimate of drug-likeness (QED) is 0.167. The standard InChI is InChI=1S/C55H36N2/c1-3-14-36(15-4-1)38-26-29-42(30-27-38)56-51-24-11-9-22-45(51)48-33-41(28-31-53(48)56)47-35-50-46-23-10-12-25-52(46)57(43-20-13-19-39(32-43)37-16-5-2-6-17-37)55(50)54-44-21-8-7-18-40(44)34-49(47)54/h1-33,35H,34H2. The predicted octanol–water partition coefficient (Wildman–Crippen LogP) is 14.5. The van der Waals surface area contributed by atoms with E-state index in [1.54, 1.807) is 0 Å². The molecule has 0 fully saturated rings. The van der Waals surface area contributed by atoms with Crippen LogP contribution in [0, 0.1) is 0 Å². The van der Waals surface area contributed by atoms with Crippen molar-refractivity contribution in [3.8, 4) is 55.9 Å². The molecule has 0 saturated carbocycles. The van der Waals surface area contributed by atoms with E-state index in [1.165, 1.54) is 105 Å². The monoisotopic (exact) mass is 724 g/mol. The molecule has 1 aliphatic carbocycles.